The number of hydrogen-bond donors (Lipinski definition) is 0. The van der Waals surface area contributed by atoms with Crippen LogP contribution >= 0.6 is 0 Å². The lowest BCUT2D eigenvalue weighted by Gasteiger charge is -2.28. The van der Waals surface area contributed by atoms with Gasteiger partial charge < -0.3 is 0 Å². The molecule has 2 saturated carbocycles. The lowest BCUT2D eigenvalue weighted by atomic mass is 9.77. The maximum atomic E-state index is 2.43. The highest BCUT2D eigenvalue weighted by atomic mass is 14.3. The third-order valence-corrected chi connectivity index (χ3v) is 7.16. The molecule has 0 heteroatoms. The largest absolute Gasteiger partial charge is 0.0651 e. The Balaban J connectivity index is 1.44. The first-order valence-electron chi connectivity index (χ1n) is 10.8. The zero-order chi connectivity index (χ0) is 16.8. The topological polar surface area (TPSA) is 0 Å². The van der Waals surface area contributed by atoms with Crippen LogP contribution in [0.4, 0.5) is 0 Å². The van der Waals surface area contributed by atoms with Crippen LogP contribution in [0, 0.1) is 23.7 Å². The molecule has 2 aliphatic carbocycles. The Bertz CT molecular complexity index is 410. The van der Waals surface area contributed by atoms with Gasteiger partial charge in [0.2, 0.25) is 0 Å². The SMILES string of the molecule is CCC1CCC(Cc2ccc(CC3CCC(CC)CC3)cc2)CC1. The van der Waals surface area contributed by atoms with E-state index in [9.17, 15) is 0 Å². The molecule has 1 aromatic carbocycles. The highest BCUT2D eigenvalue weighted by molar-refractivity contribution is 5.23. The van der Waals surface area contributed by atoms with E-state index in [-0.39, 0.29) is 0 Å². The fraction of sp³-hybridized carbons (Fsp3) is 0.750. The van der Waals surface area contributed by atoms with Gasteiger partial charge in [0.25, 0.3) is 0 Å². The van der Waals surface area contributed by atoms with Gasteiger partial charge in [-0.1, -0.05) is 76.6 Å². The van der Waals surface area contributed by atoms with Gasteiger partial charge in [-0.2, -0.15) is 0 Å². The Hall–Kier alpha value is -0.780. The van der Waals surface area contributed by atoms with Gasteiger partial charge >= 0.3 is 0 Å². The first-order valence-corrected chi connectivity index (χ1v) is 10.8. The van der Waals surface area contributed by atoms with E-state index in [0.717, 1.165) is 23.7 Å². The standard InChI is InChI=1S/C24H38/c1-3-19-5-9-21(10-6-19)17-23-13-15-24(16-14-23)18-22-11-7-20(4-2)8-12-22/h13-16,19-22H,3-12,17-18H2,1-2H3. The van der Waals surface area contributed by atoms with Gasteiger partial charge in [-0.05, 0) is 73.3 Å². The predicted octanol–water partition coefficient (Wildman–Crippen LogP) is 7.20. The molecule has 0 heterocycles. The quantitative estimate of drug-likeness (QED) is 0.518. The molecular weight excluding hydrogens is 288 g/mol. The molecule has 3 rings (SSSR count). The van der Waals surface area contributed by atoms with Crippen LogP contribution in [0.2, 0.25) is 0 Å². The summed E-state index contributed by atoms with van der Waals surface area (Å²) in [5, 5.41) is 0. The molecule has 0 unspecified atom stereocenters. The summed E-state index contributed by atoms with van der Waals surface area (Å²) in [5.41, 5.74) is 3.15. The van der Waals surface area contributed by atoms with E-state index in [4.69, 9.17) is 0 Å². The molecule has 2 fully saturated rings. The monoisotopic (exact) mass is 326 g/mol. The van der Waals surface area contributed by atoms with Gasteiger partial charge in [0.1, 0.15) is 0 Å². The second kappa shape index (κ2) is 9.07. The summed E-state index contributed by atoms with van der Waals surface area (Å²) in [4.78, 5) is 0. The highest BCUT2D eigenvalue weighted by Crippen LogP contribution is 2.34. The maximum Gasteiger partial charge on any atom is -0.0250 e. The normalized spacial score (nSPS) is 31.1. The smallest absolute Gasteiger partial charge is 0.0250 e. The molecule has 0 aliphatic heterocycles. The van der Waals surface area contributed by atoms with Crippen LogP contribution in [0.15, 0.2) is 24.3 Å². The average Bonchev–Trinajstić information content (AvgIpc) is 2.65. The summed E-state index contributed by atoms with van der Waals surface area (Å²) in [6, 6.07) is 9.72. The fourth-order valence-electron chi connectivity index (χ4n) is 5.17. The molecule has 0 nitrogen and oxygen atoms in total. The molecule has 0 aromatic heterocycles. The lowest BCUT2D eigenvalue weighted by Crippen LogP contribution is -2.16. The highest BCUT2D eigenvalue weighted by Gasteiger charge is 2.21. The minimum absolute atomic E-state index is 0.947. The van der Waals surface area contributed by atoms with Crippen molar-refractivity contribution in [3.63, 3.8) is 0 Å². The molecule has 0 N–H and O–H groups in total. The maximum absolute atomic E-state index is 2.43. The third-order valence-electron chi connectivity index (χ3n) is 7.16. The minimum atomic E-state index is 0.947. The van der Waals surface area contributed by atoms with E-state index in [2.05, 4.69) is 38.1 Å². The van der Waals surface area contributed by atoms with Crippen molar-refractivity contribution in [1.82, 2.24) is 0 Å². The Kier molecular flexibility index (Phi) is 6.81. The van der Waals surface area contributed by atoms with E-state index in [1.54, 1.807) is 11.1 Å². The number of rotatable bonds is 6. The summed E-state index contributed by atoms with van der Waals surface area (Å²) in [6.07, 6.45) is 17.1. The third kappa shape index (κ3) is 5.11. The Morgan fingerprint density at radius 2 is 0.833 bits per heavy atom. The van der Waals surface area contributed by atoms with Gasteiger partial charge in [0.05, 0.1) is 0 Å². The van der Waals surface area contributed by atoms with E-state index in [1.165, 1.54) is 77.0 Å². The molecular formula is C24H38. The summed E-state index contributed by atoms with van der Waals surface area (Å²) >= 11 is 0. The van der Waals surface area contributed by atoms with E-state index in [1.807, 2.05) is 0 Å². The van der Waals surface area contributed by atoms with Gasteiger partial charge in [-0.15, -0.1) is 0 Å². The first-order chi connectivity index (χ1) is 11.8. The minimum Gasteiger partial charge on any atom is -0.0651 e. The van der Waals surface area contributed by atoms with Crippen LogP contribution in [-0.2, 0) is 12.8 Å². The van der Waals surface area contributed by atoms with Crippen molar-refractivity contribution < 1.29 is 0 Å². The molecule has 134 valence electrons. The molecule has 2 aliphatic rings. The van der Waals surface area contributed by atoms with Gasteiger partial charge in [-0.3, -0.25) is 0 Å². The van der Waals surface area contributed by atoms with Crippen LogP contribution in [-0.4, -0.2) is 0 Å². The Morgan fingerprint density at radius 3 is 1.12 bits per heavy atom. The van der Waals surface area contributed by atoms with E-state index in [0.29, 0.717) is 0 Å². The average molecular weight is 327 g/mol. The predicted molar refractivity (Wildman–Crippen MR) is 105 cm³/mol. The zero-order valence-electron chi connectivity index (χ0n) is 16.1. The summed E-state index contributed by atoms with van der Waals surface area (Å²) in [6.45, 7) is 4.72. The number of hydrogen-bond acceptors (Lipinski definition) is 0. The van der Waals surface area contributed by atoms with Crippen LogP contribution < -0.4 is 0 Å². The molecule has 0 spiro atoms. The van der Waals surface area contributed by atoms with Crippen molar-refractivity contribution in [3.8, 4) is 0 Å². The second-order valence-corrected chi connectivity index (χ2v) is 8.81. The van der Waals surface area contributed by atoms with Crippen molar-refractivity contribution in [2.75, 3.05) is 0 Å². The van der Waals surface area contributed by atoms with Crippen molar-refractivity contribution in [2.45, 2.75) is 90.9 Å². The van der Waals surface area contributed by atoms with Crippen molar-refractivity contribution in [1.29, 1.82) is 0 Å². The first kappa shape index (κ1) is 18.0. The molecule has 0 atom stereocenters. The molecule has 1 aromatic rings. The molecule has 24 heavy (non-hydrogen) atoms. The Morgan fingerprint density at radius 1 is 0.542 bits per heavy atom. The molecule has 0 amide bonds. The van der Waals surface area contributed by atoms with Crippen molar-refractivity contribution in [2.24, 2.45) is 23.7 Å². The zero-order valence-corrected chi connectivity index (χ0v) is 16.1. The van der Waals surface area contributed by atoms with Crippen LogP contribution in [0.25, 0.3) is 0 Å². The van der Waals surface area contributed by atoms with Gasteiger partial charge in [0.15, 0.2) is 0 Å². The van der Waals surface area contributed by atoms with Gasteiger partial charge in [-0.25, -0.2) is 0 Å². The molecule has 0 bridgehead atoms. The Labute approximate surface area is 150 Å². The van der Waals surface area contributed by atoms with Crippen molar-refractivity contribution in [3.05, 3.63) is 35.4 Å². The van der Waals surface area contributed by atoms with Crippen molar-refractivity contribution >= 4 is 0 Å². The number of benzene rings is 1. The second-order valence-electron chi connectivity index (χ2n) is 8.81. The molecule has 0 saturated heterocycles. The van der Waals surface area contributed by atoms with E-state index >= 15 is 0 Å². The van der Waals surface area contributed by atoms with Crippen LogP contribution in [0.3, 0.4) is 0 Å². The summed E-state index contributed by atoms with van der Waals surface area (Å²) in [5.74, 6) is 3.93. The van der Waals surface area contributed by atoms with E-state index < -0.39 is 0 Å². The van der Waals surface area contributed by atoms with Gasteiger partial charge in [0, 0.05) is 0 Å². The van der Waals surface area contributed by atoms with Crippen LogP contribution in [0.5, 0.6) is 0 Å². The van der Waals surface area contributed by atoms with Crippen LogP contribution in [0.1, 0.15) is 89.2 Å². The lowest BCUT2D eigenvalue weighted by molar-refractivity contribution is 0.267. The fourth-order valence-corrected chi connectivity index (χ4v) is 5.17. The molecule has 0 radical (unpaired) electrons. The summed E-state index contributed by atoms with van der Waals surface area (Å²) in [7, 11) is 0. The summed E-state index contributed by atoms with van der Waals surface area (Å²) < 4.78 is 0.